The largest absolute Gasteiger partial charge is 0.377 e. The average molecular weight is 428 g/mol. The van der Waals surface area contributed by atoms with E-state index in [2.05, 4.69) is 40.5 Å². The van der Waals surface area contributed by atoms with Crippen LogP contribution in [0.5, 0.6) is 0 Å². The van der Waals surface area contributed by atoms with E-state index in [-0.39, 0.29) is 45.1 Å². The average Bonchev–Trinajstić information content (AvgIpc) is 2.44. The fraction of sp³-hybridized carbons (Fsp3) is 0.500. The normalized spacial score (nSPS) is 13.4. The molecule has 0 amide bonds. The lowest BCUT2D eigenvalue weighted by atomic mass is 10.3. The zero-order chi connectivity index (χ0) is 18.4. The predicted octanol–water partition coefficient (Wildman–Crippen LogP) is 2.99. The van der Waals surface area contributed by atoms with Crippen LogP contribution in [0.25, 0.3) is 0 Å². The molecule has 2 N–H and O–H groups in total. The SMILES string of the molecule is CC(COCC(C)Nc1nc(Cl)nc(Cl)n1)Nc1nc(Cl)nc(Cl)n1. The van der Waals surface area contributed by atoms with Gasteiger partial charge in [0.25, 0.3) is 0 Å². The van der Waals surface area contributed by atoms with Gasteiger partial charge in [-0.2, -0.15) is 29.9 Å². The first kappa shape index (κ1) is 20.1. The Hall–Kier alpha value is -1.26. The third-order valence-corrected chi connectivity index (χ3v) is 3.32. The lowest BCUT2D eigenvalue weighted by Gasteiger charge is -2.17. The molecule has 0 aromatic carbocycles. The van der Waals surface area contributed by atoms with Crippen molar-refractivity contribution in [3.05, 3.63) is 21.1 Å². The van der Waals surface area contributed by atoms with Gasteiger partial charge in [-0.05, 0) is 60.3 Å². The Morgan fingerprint density at radius 3 is 1.32 bits per heavy atom. The minimum atomic E-state index is -0.0807. The molecular weight excluding hydrogens is 414 g/mol. The topological polar surface area (TPSA) is 111 Å². The lowest BCUT2D eigenvalue weighted by molar-refractivity contribution is 0.122. The van der Waals surface area contributed by atoms with E-state index < -0.39 is 0 Å². The summed E-state index contributed by atoms with van der Waals surface area (Å²) in [6, 6.07) is -0.161. The van der Waals surface area contributed by atoms with Crippen molar-refractivity contribution < 1.29 is 4.74 Å². The van der Waals surface area contributed by atoms with Gasteiger partial charge in [-0.25, -0.2) is 0 Å². The van der Waals surface area contributed by atoms with Gasteiger partial charge in [-0.3, -0.25) is 0 Å². The van der Waals surface area contributed by atoms with Gasteiger partial charge in [-0.15, -0.1) is 0 Å². The monoisotopic (exact) mass is 426 g/mol. The zero-order valence-corrected chi connectivity index (χ0v) is 16.2. The Labute approximate surface area is 163 Å². The van der Waals surface area contributed by atoms with Crippen LogP contribution in [0, 0.1) is 0 Å². The summed E-state index contributed by atoms with van der Waals surface area (Å²) in [6.07, 6.45) is 0. The number of nitrogens with zero attached hydrogens (tertiary/aromatic N) is 6. The molecule has 0 bridgehead atoms. The maximum atomic E-state index is 5.72. The van der Waals surface area contributed by atoms with Crippen LogP contribution in [0.3, 0.4) is 0 Å². The summed E-state index contributed by atoms with van der Waals surface area (Å²) in [5, 5.41) is 6.10. The van der Waals surface area contributed by atoms with Crippen molar-refractivity contribution in [3.63, 3.8) is 0 Å². The fourth-order valence-electron chi connectivity index (χ4n) is 1.73. The molecule has 2 unspecified atom stereocenters. The highest BCUT2D eigenvalue weighted by Crippen LogP contribution is 2.12. The summed E-state index contributed by atoms with van der Waals surface area (Å²) in [5.74, 6) is 0.559. The van der Waals surface area contributed by atoms with Crippen LogP contribution < -0.4 is 10.6 Å². The summed E-state index contributed by atoms with van der Waals surface area (Å²) < 4.78 is 5.62. The summed E-state index contributed by atoms with van der Waals surface area (Å²) in [5.41, 5.74) is 0. The molecule has 0 radical (unpaired) electrons. The van der Waals surface area contributed by atoms with Crippen molar-refractivity contribution in [3.8, 4) is 0 Å². The second-order valence-electron chi connectivity index (χ2n) is 5.02. The Bertz CT molecular complexity index is 622. The van der Waals surface area contributed by atoms with E-state index in [0.29, 0.717) is 13.2 Å². The molecule has 2 heterocycles. The molecule has 2 aromatic heterocycles. The van der Waals surface area contributed by atoms with E-state index in [9.17, 15) is 0 Å². The van der Waals surface area contributed by atoms with Crippen molar-refractivity contribution in [1.82, 2.24) is 29.9 Å². The third-order valence-electron chi connectivity index (χ3n) is 2.65. The number of halogens is 4. The second-order valence-corrected chi connectivity index (χ2v) is 6.37. The highest BCUT2D eigenvalue weighted by Gasteiger charge is 2.10. The Morgan fingerprint density at radius 2 is 1.00 bits per heavy atom. The molecule has 2 rings (SSSR count). The highest BCUT2D eigenvalue weighted by atomic mass is 35.5. The maximum absolute atomic E-state index is 5.72. The number of anilines is 2. The van der Waals surface area contributed by atoms with Gasteiger partial charge < -0.3 is 15.4 Å². The van der Waals surface area contributed by atoms with Gasteiger partial charge in [0.05, 0.1) is 13.2 Å². The van der Waals surface area contributed by atoms with Gasteiger partial charge in [0.15, 0.2) is 0 Å². The molecule has 13 heteroatoms. The maximum Gasteiger partial charge on any atom is 0.228 e. The minimum Gasteiger partial charge on any atom is -0.377 e. The van der Waals surface area contributed by atoms with E-state index in [1.54, 1.807) is 0 Å². The van der Waals surface area contributed by atoms with Crippen LogP contribution >= 0.6 is 46.4 Å². The van der Waals surface area contributed by atoms with Gasteiger partial charge >= 0.3 is 0 Å². The highest BCUT2D eigenvalue weighted by molar-refractivity contribution is 6.31. The van der Waals surface area contributed by atoms with Crippen LogP contribution in [-0.4, -0.2) is 55.2 Å². The van der Waals surface area contributed by atoms with E-state index in [0.717, 1.165) is 0 Å². The van der Waals surface area contributed by atoms with Crippen LogP contribution in [0.1, 0.15) is 13.8 Å². The van der Waals surface area contributed by atoms with E-state index in [1.807, 2.05) is 13.8 Å². The summed E-state index contributed by atoms with van der Waals surface area (Å²) >= 11 is 22.9. The fourth-order valence-corrected chi connectivity index (χ4v) is 2.45. The molecule has 0 fully saturated rings. The first-order valence-electron chi connectivity index (χ1n) is 7.07. The van der Waals surface area contributed by atoms with E-state index in [4.69, 9.17) is 51.1 Å². The first-order chi connectivity index (χ1) is 11.8. The number of ether oxygens (including phenoxy) is 1. The van der Waals surface area contributed by atoms with Crippen molar-refractivity contribution in [2.75, 3.05) is 23.8 Å². The van der Waals surface area contributed by atoms with Crippen molar-refractivity contribution >= 4 is 58.3 Å². The van der Waals surface area contributed by atoms with E-state index >= 15 is 0 Å². The van der Waals surface area contributed by atoms with Crippen LogP contribution in [0.4, 0.5) is 11.9 Å². The lowest BCUT2D eigenvalue weighted by Crippen LogP contribution is -2.28. The molecule has 0 aliphatic carbocycles. The van der Waals surface area contributed by atoms with Crippen molar-refractivity contribution in [2.24, 2.45) is 0 Å². The molecule has 0 saturated carbocycles. The van der Waals surface area contributed by atoms with Gasteiger partial charge in [0, 0.05) is 12.1 Å². The molecule has 136 valence electrons. The van der Waals surface area contributed by atoms with Gasteiger partial charge in [0.1, 0.15) is 0 Å². The van der Waals surface area contributed by atoms with Crippen LogP contribution in [0.15, 0.2) is 0 Å². The van der Waals surface area contributed by atoms with Gasteiger partial charge in [0.2, 0.25) is 33.0 Å². The molecule has 0 spiro atoms. The second kappa shape index (κ2) is 9.44. The quantitative estimate of drug-likeness (QED) is 0.656. The van der Waals surface area contributed by atoms with Crippen LogP contribution in [-0.2, 0) is 4.74 Å². The first-order valence-corrected chi connectivity index (χ1v) is 8.58. The molecule has 25 heavy (non-hydrogen) atoms. The van der Waals surface area contributed by atoms with Gasteiger partial charge in [-0.1, -0.05) is 0 Å². The summed E-state index contributed by atoms with van der Waals surface area (Å²) in [4.78, 5) is 23.0. The molecule has 0 aliphatic rings. The molecule has 2 atom stereocenters. The number of hydrogen-bond acceptors (Lipinski definition) is 9. The molecule has 0 saturated heterocycles. The number of nitrogens with one attached hydrogen (secondary N) is 2. The van der Waals surface area contributed by atoms with Crippen LogP contribution in [0.2, 0.25) is 21.1 Å². The Kier molecular flexibility index (Phi) is 7.57. The van der Waals surface area contributed by atoms with Crippen molar-refractivity contribution in [1.29, 1.82) is 0 Å². The number of aromatic nitrogens is 6. The molecular formula is C12H14Cl4N8O. The number of rotatable bonds is 8. The predicted molar refractivity (Wildman–Crippen MR) is 96.7 cm³/mol. The third kappa shape index (κ3) is 7.25. The summed E-state index contributed by atoms with van der Waals surface area (Å²) in [6.45, 7) is 4.59. The smallest absolute Gasteiger partial charge is 0.228 e. The Balaban J connectivity index is 1.75. The molecule has 0 aliphatic heterocycles. The zero-order valence-electron chi connectivity index (χ0n) is 13.2. The van der Waals surface area contributed by atoms with Crippen molar-refractivity contribution in [2.45, 2.75) is 25.9 Å². The number of hydrogen-bond donors (Lipinski definition) is 2. The molecule has 2 aromatic rings. The standard InChI is InChI=1S/C12H14Cl4N8O/c1-5(17-11-21-7(13)19-8(14)22-11)3-25-4-6(2)18-12-23-9(15)20-10(16)24-12/h5-6H,3-4H2,1-2H3,(H,17,19,21,22)(H,18,20,23,24). The summed E-state index contributed by atoms with van der Waals surface area (Å²) in [7, 11) is 0. The van der Waals surface area contributed by atoms with E-state index in [1.165, 1.54) is 0 Å². The Morgan fingerprint density at radius 1 is 0.680 bits per heavy atom. The minimum absolute atomic E-state index is 0.0168. The molecule has 9 nitrogen and oxygen atoms in total.